The lowest BCUT2D eigenvalue weighted by Crippen LogP contribution is -2.23. The summed E-state index contributed by atoms with van der Waals surface area (Å²) in [6, 6.07) is 39.1. The first-order chi connectivity index (χ1) is 22.1. The summed E-state index contributed by atoms with van der Waals surface area (Å²) in [5.74, 6) is 2.18. The predicted octanol–water partition coefficient (Wildman–Crippen LogP) is 8.74. The van der Waals surface area contributed by atoms with Crippen molar-refractivity contribution in [3.8, 4) is 17.2 Å². The van der Waals surface area contributed by atoms with E-state index >= 15 is 0 Å². The molecule has 0 bridgehead atoms. The van der Waals surface area contributed by atoms with E-state index < -0.39 is 0 Å². The minimum atomic E-state index is -0.156. The lowest BCUT2D eigenvalue weighted by molar-refractivity contribution is 0.0841. The van der Waals surface area contributed by atoms with Crippen LogP contribution in [0.5, 0.6) is 17.2 Å². The normalized spacial score (nSPS) is 13.3. The minimum absolute atomic E-state index is 0.156. The van der Waals surface area contributed by atoms with E-state index in [1.807, 2.05) is 115 Å². The van der Waals surface area contributed by atoms with Gasteiger partial charge >= 0.3 is 0 Å². The quantitative estimate of drug-likeness (QED) is 0.133. The van der Waals surface area contributed by atoms with Crippen molar-refractivity contribution in [2.75, 3.05) is 14.2 Å². The molecule has 1 aliphatic heterocycles. The lowest BCUT2D eigenvalue weighted by atomic mass is 10.0. The molecular weight excluding hydrogens is 630 g/mol. The third kappa shape index (κ3) is 6.59. The predicted molar refractivity (Wildman–Crippen MR) is 179 cm³/mol. The molecule has 0 aromatic heterocycles. The topological polar surface area (TPSA) is 57.2 Å². The maximum atomic E-state index is 14.3. The molecule has 1 amide bonds. The summed E-state index contributed by atoms with van der Waals surface area (Å²) in [6.07, 6.45) is 0. The Bertz CT molecular complexity index is 1820. The largest absolute Gasteiger partial charge is 0.497 e. The van der Waals surface area contributed by atoms with Crippen LogP contribution in [0.2, 0.25) is 0 Å². The molecule has 0 aliphatic carbocycles. The molecule has 0 unspecified atom stereocenters. The highest BCUT2D eigenvalue weighted by Gasteiger charge is 2.37. The molecule has 0 atom stereocenters. The minimum Gasteiger partial charge on any atom is -0.497 e. The summed E-state index contributed by atoms with van der Waals surface area (Å²) in [6.45, 7) is 0.990. The van der Waals surface area contributed by atoms with Crippen LogP contribution in [0.1, 0.15) is 38.2 Å². The number of rotatable bonds is 11. The number of halogens is 1. The lowest BCUT2D eigenvalue weighted by Gasteiger charge is -2.22. The van der Waals surface area contributed by atoms with Gasteiger partial charge in [-0.1, -0.05) is 107 Å². The van der Waals surface area contributed by atoms with Crippen molar-refractivity contribution in [1.82, 2.24) is 4.90 Å². The zero-order valence-corrected chi connectivity index (χ0v) is 26.6. The molecule has 1 aliphatic rings. The Kier molecular flexibility index (Phi) is 9.17. The molecule has 0 fully saturated rings. The number of fused-ring (bicyclic) bond motifs is 1. The Morgan fingerprint density at radius 1 is 0.667 bits per heavy atom. The first-order valence-corrected chi connectivity index (χ1v) is 15.3. The van der Waals surface area contributed by atoms with Crippen molar-refractivity contribution in [2.45, 2.75) is 19.8 Å². The summed E-state index contributed by atoms with van der Waals surface area (Å²) in [4.78, 5) is 16.0. The molecule has 6 nitrogen and oxygen atoms in total. The van der Waals surface area contributed by atoms with Crippen molar-refractivity contribution in [2.24, 2.45) is 0 Å². The van der Waals surface area contributed by atoms with Crippen molar-refractivity contribution in [1.29, 1.82) is 0 Å². The number of amides is 1. The van der Waals surface area contributed by atoms with Crippen LogP contribution in [0.15, 0.2) is 126 Å². The molecule has 45 heavy (non-hydrogen) atoms. The molecule has 0 saturated heterocycles. The van der Waals surface area contributed by atoms with Gasteiger partial charge < -0.3 is 18.9 Å². The highest BCUT2D eigenvalue weighted by Crippen LogP contribution is 2.45. The van der Waals surface area contributed by atoms with Gasteiger partial charge in [-0.25, -0.2) is 0 Å². The van der Waals surface area contributed by atoms with Crippen molar-refractivity contribution >= 4 is 33.3 Å². The highest BCUT2D eigenvalue weighted by molar-refractivity contribution is 9.10. The zero-order valence-electron chi connectivity index (χ0n) is 25.0. The molecule has 0 spiro atoms. The summed E-state index contributed by atoms with van der Waals surface area (Å²) < 4.78 is 25.0. The van der Waals surface area contributed by atoms with Gasteiger partial charge in [0.2, 0.25) is 0 Å². The summed E-state index contributed by atoms with van der Waals surface area (Å²) in [5, 5.41) is 0. The number of carbonyl (C=O) groups excluding carboxylic acids is 1. The van der Waals surface area contributed by atoms with Crippen LogP contribution in [-0.2, 0) is 24.5 Å². The van der Waals surface area contributed by atoms with Gasteiger partial charge in [0.05, 0.1) is 32.0 Å². The van der Waals surface area contributed by atoms with Gasteiger partial charge in [0.25, 0.3) is 5.91 Å². The molecule has 0 saturated carbocycles. The van der Waals surface area contributed by atoms with Gasteiger partial charge in [-0.05, 0) is 47.0 Å². The third-order valence-electron chi connectivity index (χ3n) is 7.60. The SMILES string of the molecule is CO/C(=C1/c2cc(OCc3ccccc3)c(OCc3ccccc3)cc2C(=O)N1Cc1ccc(OC)cc1)c1ccccc1Br. The monoisotopic (exact) mass is 661 g/mol. The highest BCUT2D eigenvalue weighted by atomic mass is 79.9. The second-order valence-electron chi connectivity index (χ2n) is 10.5. The first kappa shape index (κ1) is 30.0. The number of nitrogens with zero attached hydrogens (tertiary/aromatic N) is 1. The van der Waals surface area contributed by atoms with E-state index in [0.29, 0.717) is 53.8 Å². The van der Waals surface area contributed by atoms with E-state index in [1.54, 1.807) is 25.2 Å². The van der Waals surface area contributed by atoms with Crippen molar-refractivity contribution in [3.05, 3.63) is 159 Å². The van der Waals surface area contributed by atoms with Crippen LogP contribution >= 0.6 is 15.9 Å². The molecule has 5 aromatic rings. The molecule has 0 radical (unpaired) electrons. The van der Waals surface area contributed by atoms with E-state index in [0.717, 1.165) is 32.5 Å². The van der Waals surface area contributed by atoms with Crippen molar-refractivity contribution in [3.63, 3.8) is 0 Å². The molecule has 0 N–H and O–H groups in total. The molecule has 7 heteroatoms. The van der Waals surface area contributed by atoms with Crippen LogP contribution in [0.3, 0.4) is 0 Å². The fraction of sp³-hybridized carbons (Fsp3) is 0.132. The summed E-state index contributed by atoms with van der Waals surface area (Å²) in [5.41, 5.74) is 5.66. The van der Waals surface area contributed by atoms with Crippen LogP contribution in [-0.4, -0.2) is 25.0 Å². The Morgan fingerprint density at radius 3 is 1.78 bits per heavy atom. The molecule has 6 rings (SSSR count). The van der Waals surface area contributed by atoms with Gasteiger partial charge in [-0.3, -0.25) is 9.69 Å². The third-order valence-corrected chi connectivity index (χ3v) is 8.29. The molecule has 5 aromatic carbocycles. The van der Waals surface area contributed by atoms with E-state index in [-0.39, 0.29) is 5.91 Å². The van der Waals surface area contributed by atoms with E-state index in [9.17, 15) is 4.79 Å². The molecular formula is C38H32BrNO5. The molecule has 226 valence electrons. The molecule has 1 heterocycles. The van der Waals surface area contributed by atoms with Crippen molar-refractivity contribution < 1.29 is 23.7 Å². The van der Waals surface area contributed by atoms with Crippen LogP contribution in [0, 0.1) is 0 Å². The average molecular weight is 663 g/mol. The number of hydrogen-bond donors (Lipinski definition) is 0. The fourth-order valence-electron chi connectivity index (χ4n) is 5.31. The number of hydrogen-bond acceptors (Lipinski definition) is 5. The van der Waals surface area contributed by atoms with Crippen LogP contribution < -0.4 is 14.2 Å². The van der Waals surface area contributed by atoms with E-state index in [4.69, 9.17) is 18.9 Å². The van der Waals surface area contributed by atoms with Crippen LogP contribution in [0.25, 0.3) is 11.5 Å². The maximum Gasteiger partial charge on any atom is 0.259 e. The van der Waals surface area contributed by atoms with Crippen LogP contribution in [0.4, 0.5) is 0 Å². The fourth-order valence-corrected chi connectivity index (χ4v) is 5.78. The summed E-state index contributed by atoms with van der Waals surface area (Å²) >= 11 is 3.69. The Morgan fingerprint density at radius 2 is 1.22 bits per heavy atom. The van der Waals surface area contributed by atoms with Gasteiger partial charge in [0.1, 0.15) is 19.0 Å². The average Bonchev–Trinajstić information content (AvgIpc) is 3.34. The van der Waals surface area contributed by atoms with Gasteiger partial charge in [0, 0.05) is 15.6 Å². The number of carbonyl (C=O) groups is 1. The smallest absolute Gasteiger partial charge is 0.259 e. The number of ether oxygens (including phenoxy) is 4. The maximum absolute atomic E-state index is 14.3. The standard InChI is InChI=1S/C38H32BrNO5/c1-42-29-19-17-26(18-20-29)23-40-36(37(43-2)30-15-9-10-16-33(30)39)31-21-34(44-24-27-11-5-3-6-12-27)35(22-32(31)38(40)41)45-25-28-13-7-4-8-14-28/h3-22H,23-25H2,1-2H3/b37-36-. The Labute approximate surface area is 271 Å². The van der Waals surface area contributed by atoms with Gasteiger partial charge in [-0.15, -0.1) is 0 Å². The van der Waals surface area contributed by atoms with Gasteiger partial charge in [-0.2, -0.15) is 0 Å². The zero-order chi connectivity index (χ0) is 31.2. The van der Waals surface area contributed by atoms with E-state index in [2.05, 4.69) is 15.9 Å². The second-order valence-corrected chi connectivity index (χ2v) is 11.3. The Balaban J connectivity index is 1.48. The number of benzene rings is 5. The first-order valence-electron chi connectivity index (χ1n) is 14.6. The second kappa shape index (κ2) is 13.7. The number of methoxy groups -OCH3 is 2. The van der Waals surface area contributed by atoms with E-state index in [1.165, 1.54) is 0 Å². The summed E-state index contributed by atoms with van der Waals surface area (Å²) in [7, 11) is 3.26. The van der Waals surface area contributed by atoms with Gasteiger partial charge in [0.15, 0.2) is 17.3 Å². The Hall–Kier alpha value is -5.01.